The zero-order valence-electron chi connectivity index (χ0n) is 18.6. The highest BCUT2D eigenvalue weighted by Gasteiger charge is 2.29. The molecule has 0 saturated carbocycles. The fourth-order valence-corrected chi connectivity index (χ4v) is 3.86. The van der Waals surface area contributed by atoms with Gasteiger partial charge in [-0.15, -0.1) is 24.0 Å². The van der Waals surface area contributed by atoms with Gasteiger partial charge in [0.1, 0.15) is 5.75 Å². The molecule has 7 heteroatoms. The lowest BCUT2D eigenvalue weighted by Gasteiger charge is -2.21. The molecular formula is C24H35IN4O2. The van der Waals surface area contributed by atoms with E-state index in [1.165, 1.54) is 5.56 Å². The van der Waals surface area contributed by atoms with E-state index in [2.05, 4.69) is 64.7 Å². The van der Waals surface area contributed by atoms with Crippen LogP contribution in [0.4, 0.5) is 0 Å². The summed E-state index contributed by atoms with van der Waals surface area (Å²) in [7, 11) is 1.63. The van der Waals surface area contributed by atoms with Crippen LogP contribution in [0.15, 0.2) is 59.6 Å². The first-order valence-corrected chi connectivity index (χ1v) is 10.7. The second-order valence-corrected chi connectivity index (χ2v) is 7.85. The van der Waals surface area contributed by atoms with Gasteiger partial charge in [-0.2, -0.15) is 0 Å². The number of ether oxygens (including phenoxy) is 1. The largest absolute Gasteiger partial charge is 0.497 e. The molecule has 3 rings (SSSR count). The molecule has 1 heterocycles. The lowest BCUT2D eigenvalue weighted by Crippen LogP contribution is -2.44. The molecular weight excluding hydrogens is 503 g/mol. The van der Waals surface area contributed by atoms with Crippen molar-refractivity contribution in [2.45, 2.75) is 45.0 Å². The Morgan fingerprint density at radius 2 is 1.90 bits per heavy atom. The molecule has 1 aliphatic heterocycles. The second-order valence-electron chi connectivity index (χ2n) is 7.85. The summed E-state index contributed by atoms with van der Waals surface area (Å²) in [6, 6.07) is 18.9. The molecule has 1 aliphatic rings. The third-order valence-electron chi connectivity index (χ3n) is 5.54. The zero-order chi connectivity index (χ0) is 21.3. The van der Waals surface area contributed by atoms with Crippen LogP contribution in [0.2, 0.25) is 0 Å². The molecule has 31 heavy (non-hydrogen) atoms. The highest BCUT2D eigenvalue weighted by Crippen LogP contribution is 2.21. The highest BCUT2D eigenvalue weighted by molar-refractivity contribution is 14.0. The van der Waals surface area contributed by atoms with Crippen molar-refractivity contribution < 1.29 is 9.84 Å². The summed E-state index contributed by atoms with van der Waals surface area (Å²) in [6.45, 7) is 7.35. The van der Waals surface area contributed by atoms with Crippen molar-refractivity contribution in [1.29, 1.82) is 0 Å². The molecule has 0 bridgehead atoms. The van der Waals surface area contributed by atoms with Gasteiger partial charge < -0.3 is 20.5 Å². The molecule has 0 spiro atoms. The molecule has 0 amide bonds. The van der Waals surface area contributed by atoms with Gasteiger partial charge in [-0.25, -0.2) is 0 Å². The Labute approximate surface area is 203 Å². The second kappa shape index (κ2) is 12.9. The number of nitrogens with zero attached hydrogens (tertiary/aromatic N) is 2. The number of guanidine groups is 1. The molecule has 1 saturated heterocycles. The van der Waals surface area contributed by atoms with Crippen molar-refractivity contribution in [1.82, 2.24) is 15.5 Å². The quantitative estimate of drug-likeness (QED) is 0.273. The maximum Gasteiger partial charge on any atom is 0.191 e. The number of methoxy groups -OCH3 is 1. The van der Waals surface area contributed by atoms with Gasteiger partial charge in [0.15, 0.2) is 5.96 Å². The van der Waals surface area contributed by atoms with E-state index >= 15 is 0 Å². The number of benzene rings is 2. The fourth-order valence-electron chi connectivity index (χ4n) is 3.86. The predicted octanol–water partition coefficient (Wildman–Crippen LogP) is 3.56. The number of rotatable bonds is 8. The highest BCUT2D eigenvalue weighted by atomic mass is 127. The van der Waals surface area contributed by atoms with E-state index in [1.807, 2.05) is 24.3 Å². The molecule has 6 nitrogen and oxygen atoms in total. The van der Waals surface area contributed by atoms with Crippen LogP contribution < -0.4 is 15.4 Å². The number of halogens is 1. The van der Waals surface area contributed by atoms with Gasteiger partial charge in [0.2, 0.25) is 0 Å². The van der Waals surface area contributed by atoms with E-state index in [9.17, 15) is 5.11 Å². The van der Waals surface area contributed by atoms with E-state index in [-0.39, 0.29) is 24.0 Å². The van der Waals surface area contributed by atoms with Gasteiger partial charge >= 0.3 is 0 Å². The Balaban J connectivity index is 0.00000341. The summed E-state index contributed by atoms with van der Waals surface area (Å²) in [4.78, 5) is 7.13. The third-order valence-corrected chi connectivity index (χ3v) is 5.54. The topological polar surface area (TPSA) is 69.1 Å². The number of aliphatic imine (C=N–C) groups is 1. The number of nitrogens with one attached hydrogen (secondary N) is 2. The van der Waals surface area contributed by atoms with Gasteiger partial charge in [0.25, 0.3) is 0 Å². The molecule has 2 aromatic rings. The molecule has 3 N–H and O–H groups in total. The van der Waals surface area contributed by atoms with Gasteiger partial charge in [-0.3, -0.25) is 9.89 Å². The Morgan fingerprint density at radius 3 is 2.55 bits per heavy atom. The molecule has 0 aromatic heterocycles. The lowest BCUT2D eigenvalue weighted by molar-refractivity contribution is 0.187. The third kappa shape index (κ3) is 7.66. The van der Waals surface area contributed by atoms with Crippen molar-refractivity contribution >= 4 is 29.9 Å². The first-order valence-electron chi connectivity index (χ1n) is 10.7. The summed E-state index contributed by atoms with van der Waals surface area (Å²) >= 11 is 0. The minimum Gasteiger partial charge on any atom is -0.497 e. The standard InChI is InChI=1S/C24H34N4O2.HI/c1-4-25-24(26-15-23(29)20-10-12-22(30-3)13-11-20)27-21-14-18(2)28(17-21)16-19-8-6-5-7-9-19;/h5-13,18,21,23,29H,4,14-17H2,1-3H3,(H2,25,26,27);1H. The monoisotopic (exact) mass is 538 g/mol. The number of aliphatic hydroxyl groups excluding tert-OH is 1. The molecule has 3 atom stereocenters. The first-order chi connectivity index (χ1) is 14.6. The lowest BCUT2D eigenvalue weighted by atomic mass is 10.1. The summed E-state index contributed by atoms with van der Waals surface area (Å²) in [5.74, 6) is 1.53. The van der Waals surface area contributed by atoms with Gasteiger partial charge in [0.05, 0.1) is 19.8 Å². The molecule has 3 unspecified atom stereocenters. The van der Waals surface area contributed by atoms with Crippen LogP contribution in [0.3, 0.4) is 0 Å². The summed E-state index contributed by atoms with van der Waals surface area (Å²) in [5.41, 5.74) is 2.17. The smallest absolute Gasteiger partial charge is 0.191 e. The van der Waals surface area contributed by atoms with Crippen molar-refractivity contribution in [3.8, 4) is 5.75 Å². The van der Waals surface area contributed by atoms with Crippen molar-refractivity contribution in [3.63, 3.8) is 0 Å². The Hall–Kier alpha value is -1.84. The van der Waals surface area contributed by atoms with Crippen LogP contribution in [0.5, 0.6) is 5.75 Å². The van der Waals surface area contributed by atoms with Crippen molar-refractivity contribution in [3.05, 3.63) is 65.7 Å². The Morgan fingerprint density at radius 1 is 1.19 bits per heavy atom. The maximum absolute atomic E-state index is 10.5. The average Bonchev–Trinajstić information content (AvgIpc) is 3.11. The molecule has 2 aromatic carbocycles. The zero-order valence-corrected chi connectivity index (χ0v) is 21.0. The SMILES string of the molecule is CCNC(=NCC(O)c1ccc(OC)cc1)NC1CC(C)N(Cc2ccccc2)C1.I. The van der Waals surface area contributed by atoms with Gasteiger partial charge in [-0.05, 0) is 43.5 Å². The molecule has 0 aliphatic carbocycles. The van der Waals surface area contributed by atoms with Gasteiger partial charge in [0, 0.05) is 31.7 Å². The van der Waals surface area contributed by atoms with E-state index in [1.54, 1.807) is 7.11 Å². The number of hydrogen-bond donors (Lipinski definition) is 3. The number of aliphatic hydroxyl groups is 1. The van der Waals surface area contributed by atoms with E-state index < -0.39 is 6.10 Å². The summed E-state index contributed by atoms with van der Waals surface area (Å²) in [6.07, 6.45) is 0.418. The van der Waals surface area contributed by atoms with Crippen LogP contribution in [-0.4, -0.2) is 54.8 Å². The van der Waals surface area contributed by atoms with Crippen LogP contribution in [0.25, 0.3) is 0 Å². The van der Waals surface area contributed by atoms with Crippen LogP contribution in [0, 0.1) is 0 Å². The number of likely N-dealkylation sites (tertiary alicyclic amines) is 1. The van der Waals surface area contributed by atoms with Crippen molar-refractivity contribution in [2.24, 2.45) is 4.99 Å². The minimum atomic E-state index is -0.650. The predicted molar refractivity (Wildman–Crippen MR) is 137 cm³/mol. The van der Waals surface area contributed by atoms with Crippen LogP contribution >= 0.6 is 24.0 Å². The Kier molecular flexibility index (Phi) is 10.6. The van der Waals surface area contributed by atoms with E-state index in [0.717, 1.165) is 43.3 Å². The van der Waals surface area contributed by atoms with Crippen LogP contribution in [0.1, 0.15) is 37.5 Å². The Bertz CT molecular complexity index is 801. The average molecular weight is 538 g/mol. The fraction of sp³-hybridized carbons (Fsp3) is 0.458. The van der Waals surface area contributed by atoms with E-state index in [4.69, 9.17) is 4.74 Å². The normalized spacial score (nSPS) is 20.1. The summed E-state index contributed by atoms with van der Waals surface area (Å²) in [5, 5.41) is 17.4. The molecule has 1 fully saturated rings. The maximum atomic E-state index is 10.5. The summed E-state index contributed by atoms with van der Waals surface area (Å²) < 4.78 is 5.17. The van der Waals surface area contributed by atoms with Crippen molar-refractivity contribution in [2.75, 3.05) is 26.7 Å². The van der Waals surface area contributed by atoms with E-state index in [0.29, 0.717) is 18.6 Å². The molecule has 170 valence electrons. The number of hydrogen-bond acceptors (Lipinski definition) is 4. The van der Waals surface area contributed by atoms with Crippen LogP contribution in [-0.2, 0) is 6.54 Å². The first kappa shape index (κ1) is 25.4. The minimum absolute atomic E-state index is 0. The molecule has 0 radical (unpaired) electrons. The van der Waals surface area contributed by atoms with Gasteiger partial charge in [-0.1, -0.05) is 42.5 Å².